The lowest BCUT2D eigenvalue weighted by molar-refractivity contribution is 1.42. The first kappa shape index (κ1) is 10.7. The summed E-state index contributed by atoms with van der Waals surface area (Å²) in [5.41, 5.74) is 2.73. The van der Waals surface area contributed by atoms with Crippen LogP contribution < -0.4 is 10.4 Å². The first-order valence-corrected chi connectivity index (χ1v) is 8.65. The predicted octanol–water partition coefficient (Wildman–Crippen LogP) is 1.64. The van der Waals surface area contributed by atoms with Crippen LogP contribution in [0.1, 0.15) is 11.1 Å². The molecular weight excluding hydrogens is 188 g/mol. The molecule has 0 fully saturated rings. The molecule has 0 saturated heterocycles. The second-order valence-corrected chi connectivity index (χ2v) is 10.3. The van der Waals surface area contributed by atoms with E-state index in [2.05, 4.69) is 55.9 Å². The van der Waals surface area contributed by atoms with Crippen molar-refractivity contribution in [3.05, 3.63) is 23.3 Å². The molecule has 69 valence electrons. The van der Waals surface area contributed by atoms with Crippen LogP contribution in [0, 0.1) is 13.8 Å². The van der Waals surface area contributed by atoms with Crippen LogP contribution in [0.15, 0.2) is 12.1 Å². The number of benzene rings is 1. The zero-order chi connectivity index (χ0) is 10.2. The van der Waals surface area contributed by atoms with Gasteiger partial charge in [0.2, 0.25) is 0 Å². The average Bonchev–Trinajstić information content (AvgIpc) is 1.94. The minimum Gasteiger partial charge on any atom is -0.0656 e. The highest BCUT2D eigenvalue weighted by Gasteiger charge is 2.19. The molecule has 0 heterocycles. The summed E-state index contributed by atoms with van der Waals surface area (Å²) in [5, 5.41) is 2.84. The predicted molar refractivity (Wildman–Crippen MR) is 64.3 cm³/mol. The van der Waals surface area contributed by atoms with Gasteiger partial charge in [-0.2, -0.15) is 0 Å². The van der Waals surface area contributed by atoms with Crippen LogP contribution in [-0.4, -0.2) is 18.3 Å². The number of hydrogen-bond acceptors (Lipinski definition) is 0. The molecule has 3 radical (unpaired) electrons. The number of aryl methyl sites for hydroxylation is 2. The van der Waals surface area contributed by atoms with Gasteiger partial charge >= 0.3 is 0 Å². The molecule has 0 spiro atoms. The molecule has 13 heavy (non-hydrogen) atoms. The van der Waals surface area contributed by atoms with Crippen molar-refractivity contribution < 1.29 is 0 Å². The molecule has 0 aliphatic carbocycles. The Hall–Kier alpha value is -0.346. The maximum Gasteiger partial charge on any atom is 0.0774 e. The third kappa shape index (κ3) is 2.32. The molecule has 0 bridgehead atoms. The van der Waals surface area contributed by atoms with Crippen LogP contribution in [-0.2, 0) is 0 Å². The Morgan fingerprint density at radius 3 is 2.08 bits per heavy atom. The van der Waals surface area contributed by atoms with E-state index in [4.69, 9.17) is 0 Å². The summed E-state index contributed by atoms with van der Waals surface area (Å²) in [6, 6.07) is 4.55. The van der Waals surface area contributed by atoms with E-state index >= 15 is 0 Å². The standard InChI is InChI=1S/C11H17Si2/c1-8-6-9(2)11(12)10(7-8)13(3,4)5/h6-7H,1-5H3. The molecule has 1 aromatic rings. The summed E-state index contributed by atoms with van der Waals surface area (Å²) in [6.45, 7) is 11.5. The lowest BCUT2D eigenvalue weighted by Crippen LogP contribution is -2.48. The molecule has 0 aliphatic heterocycles. The highest BCUT2D eigenvalue weighted by molar-refractivity contribution is 6.91. The van der Waals surface area contributed by atoms with Gasteiger partial charge in [-0.3, -0.25) is 0 Å². The number of hydrogen-bond donors (Lipinski definition) is 0. The second kappa shape index (κ2) is 3.42. The van der Waals surface area contributed by atoms with Crippen molar-refractivity contribution in [2.24, 2.45) is 0 Å². The van der Waals surface area contributed by atoms with Gasteiger partial charge in [-0.25, -0.2) is 0 Å². The molecule has 0 unspecified atom stereocenters. The molecule has 0 N–H and O–H groups in total. The Kier molecular flexibility index (Phi) is 2.83. The van der Waals surface area contributed by atoms with E-state index in [0.29, 0.717) is 0 Å². The minimum atomic E-state index is -1.19. The SMILES string of the molecule is Cc1cc(C)c([Si])c([Si](C)(C)C)c1. The van der Waals surface area contributed by atoms with Gasteiger partial charge in [0.15, 0.2) is 0 Å². The van der Waals surface area contributed by atoms with E-state index in [1.807, 2.05) is 0 Å². The van der Waals surface area contributed by atoms with Crippen LogP contribution in [0.3, 0.4) is 0 Å². The Morgan fingerprint density at radius 1 is 1.08 bits per heavy atom. The van der Waals surface area contributed by atoms with Crippen molar-refractivity contribution in [3.63, 3.8) is 0 Å². The van der Waals surface area contributed by atoms with Crippen molar-refractivity contribution in [1.82, 2.24) is 0 Å². The summed E-state index contributed by atoms with van der Waals surface area (Å²) < 4.78 is 0. The molecule has 0 aliphatic rings. The summed E-state index contributed by atoms with van der Waals surface area (Å²) >= 11 is 0. The van der Waals surface area contributed by atoms with Crippen molar-refractivity contribution >= 4 is 28.7 Å². The van der Waals surface area contributed by atoms with E-state index in [1.54, 1.807) is 0 Å². The molecular formula is C11H17Si2. The van der Waals surface area contributed by atoms with Gasteiger partial charge in [-0.05, 0) is 13.8 Å². The monoisotopic (exact) mass is 205 g/mol. The Morgan fingerprint density at radius 2 is 1.62 bits per heavy atom. The fourth-order valence-electron chi connectivity index (χ4n) is 1.56. The topological polar surface area (TPSA) is 0 Å². The first-order chi connectivity index (χ1) is 5.82. The van der Waals surface area contributed by atoms with Gasteiger partial charge < -0.3 is 0 Å². The summed E-state index contributed by atoms with van der Waals surface area (Å²) in [7, 11) is 2.55. The van der Waals surface area contributed by atoms with Crippen LogP contribution in [0.4, 0.5) is 0 Å². The van der Waals surface area contributed by atoms with Crippen LogP contribution in [0.2, 0.25) is 19.6 Å². The van der Waals surface area contributed by atoms with Gasteiger partial charge in [-0.1, -0.05) is 53.3 Å². The Bertz CT molecular complexity index is 322. The summed E-state index contributed by atoms with van der Waals surface area (Å²) in [4.78, 5) is 0. The Labute approximate surface area is 85.8 Å². The molecule has 1 rings (SSSR count). The lowest BCUT2D eigenvalue weighted by Gasteiger charge is -2.21. The highest BCUT2D eigenvalue weighted by Crippen LogP contribution is 2.05. The van der Waals surface area contributed by atoms with E-state index in [1.165, 1.54) is 21.5 Å². The van der Waals surface area contributed by atoms with Crippen molar-refractivity contribution in [1.29, 1.82) is 0 Å². The van der Waals surface area contributed by atoms with Gasteiger partial charge in [0, 0.05) is 0 Å². The fraction of sp³-hybridized carbons (Fsp3) is 0.455. The van der Waals surface area contributed by atoms with E-state index in [9.17, 15) is 0 Å². The van der Waals surface area contributed by atoms with Crippen molar-refractivity contribution in [2.45, 2.75) is 33.5 Å². The molecule has 0 saturated carbocycles. The van der Waals surface area contributed by atoms with Crippen molar-refractivity contribution in [3.8, 4) is 0 Å². The van der Waals surface area contributed by atoms with E-state index < -0.39 is 8.07 Å². The van der Waals surface area contributed by atoms with Gasteiger partial charge in [0.1, 0.15) is 0 Å². The lowest BCUT2D eigenvalue weighted by atomic mass is 10.1. The molecule has 1 aromatic carbocycles. The first-order valence-electron chi connectivity index (χ1n) is 4.65. The second-order valence-electron chi connectivity index (χ2n) is 4.75. The third-order valence-electron chi connectivity index (χ3n) is 2.29. The average molecular weight is 205 g/mol. The minimum absolute atomic E-state index is 1.19. The van der Waals surface area contributed by atoms with Gasteiger partial charge in [-0.15, -0.1) is 0 Å². The largest absolute Gasteiger partial charge is 0.0774 e. The number of rotatable bonds is 1. The maximum atomic E-state index is 3.74. The normalized spacial score (nSPS) is 11.8. The maximum absolute atomic E-state index is 3.74. The molecule has 0 aromatic heterocycles. The van der Waals surface area contributed by atoms with E-state index in [0.717, 1.165) is 0 Å². The highest BCUT2D eigenvalue weighted by atomic mass is 28.3. The smallest absolute Gasteiger partial charge is 0.0656 e. The molecule has 0 atom stereocenters. The molecule has 0 nitrogen and oxygen atoms in total. The zero-order valence-electron chi connectivity index (χ0n) is 9.15. The quantitative estimate of drug-likeness (QED) is 0.612. The van der Waals surface area contributed by atoms with Crippen LogP contribution in [0.25, 0.3) is 0 Å². The van der Waals surface area contributed by atoms with E-state index in [-0.39, 0.29) is 0 Å². The third-order valence-corrected chi connectivity index (χ3v) is 5.21. The van der Waals surface area contributed by atoms with Crippen molar-refractivity contribution in [2.75, 3.05) is 0 Å². The molecule has 2 heteroatoms. The summed E-state index contributed by atoms with van der Waals surface area (Å²) in [6.07, 6.45) is 0. The van der Waals surface area contributed by atoms with Crippen LogP contribution in [0.5, 0.6) is 0 Å². The zero-order valence-corrected chi connectivity index (χ0v) is 11.2. The molecule has 0 amide bonds. The summed E-state index contributed by atoms with van der Waals surface area (Å²) in [5.74, 6) is 0. The van der Waals surface area contributed by atoms with Gasteiger partial charge in [0.25, 0.3) is 0 Å². The van der Waals surface area contributed by atoms with Crippen LogP contribution >= 0.6 is 0 Å². The fourth-order valence-corrected chi connectivity index (χ4v) is 4.44. The Balaban J connectivity index is 3.37. The van der Waals surface area contributed by atoms with Gasteiger partial charge in [0.05, 0.1) is 18.3 Å².